The molecule has 1 aliphatic carbocycles. The van der Waals surface area contributed by atoms with E-state index in [1.165, 1.54) is 12.8 Å². The van der Waals surface area contributed by atoms with E-state index in [1.807, 2.05) is 0 Å². The highest BCUT2D eigenvalue weighted by molar-refractivity contribution is 5.26. The van der Waals surface area contributed by atoms with Gasteiger partial charge in [0.15, 0.2) is 0 Å². The first kappa shape index (κ1) is 4.57. The summed E-state index contributed by atoms with van der Waals surface area (Å²) in [5.41, 5.74) is 0. The van der Waals surface area contributed by atoms with Gasteiger partial charge in [0.25, 0.3) is 0 Å². The first-order chi connectivity index (χ1) is 3.43. The van der Waals surface area contributed by atoms with Gasteiger partial charge in [-0.15, -0.1) is 0 Å². The Hall–Kier alpha value is -0.590. The van der Waals surface area contributed by atoms with Gasteiger partial charge in [-0.3, -0.25) is 4.99 Å². The molecule has 1 unspecified atom stereocenters. The predicted molar refractivity (Wildman–Crippen MR) is 31.7 cm³/mol. The van der Waals surface area contributed by atoms with Crippen molar-refractivity contribution in [1.29, 1.82) is 0 Å². The molecule has 1 heteroatoms. The minimum absolute atomic E-state index is 0.431. The monoisotopic (exact) mass is 95.1 g/mol. The maximum Gasteiger partial charge on any atom is 0.0675 e. The van der Waals surface area contributed by atoms with Crippen molar-refractivity contribution in [2.45, 2.75) is 18.9 Å². The molecule has 0 radical (unpaired) electrons. The molecule has 0 aliphatic heterocycles. The van der Waals surface area contributed by atoms with Crippen LogP contribution in [0.15, 0.2) is 17.1 Å². The molecule has 1 aliphatic rings. The summed E-state index contributed by atoms with van der Waals surface area (Å²) in [7, 11) is 0. The van der Waals surface area contributed by atoms with Gasteiger partial charge in [0, 0.05) is 0 Å². The van der Waals surface area contributed by atoms with Crippen LogP contribution in [0.3, 0.4) is 0 Å². The molecule has 0 saturated heterocycles. The molecule has 0 bridgehead atoms. The Balaban J connectivity index is 2.42. The third-order valence-electron chi connectivity index (χ3n) is 1.22. The smallest absolute Gasteiger partial charge is 0.0675 e. The molecule has 0 saturated carbocycles. The highest BCUT2D eigenvalue weighted by Crippen LogP contribution is 2.10. The minimum Gasteiger partial charge on any atom is -0.293 e. The molecule has 1 nitrogen and oxygen atoms in total. The summed E-state index contributed by atoms with van der Waals surface area (Å²) in [5, 5.41) is 0. The summed E-state index contributed by atoms with van der Waals surface area (Å²) in [6.45, 7) is 3.44. The molecule has 0 fully saturated rings. The summed E-state index contributed by atoms with van der Waals surface area (Å²) in [4.78, 5) is 3.85. The van der Waals surface area contributed by atoms with Crippen molar-refractivity contribution < 1.29 is 0 Å². The van der Waals surface area contributed by atoms with Gasteiger partial charge in [-0.1, -0.05) is 12.2 Å². The van der Waals surface area contributed by atoms with Crippen LogP contribution < -0.4 is 0 Å². The van der Waals surface area contributed by atoms with Crippen molar-refractivity contribution in [3.05, 3.63) is 12.2 Å². The number of hydrogen-bond acceptors (Lipinski definition) is 1. The van der Waals surface area contributed by atoms with Gasteiger partial charge in [-0.25, -0.2) is 0 Å². The maximum absolute atomic E-state index is 3.85. The molecule has 1 rings (SSSR count). The van der Waals surface area contributed by atoms with Crippen LogP contribution in [-0.4, -0.2) is 12.8 Å². The molecule has 0 aromatic heterocycles. The minimum atomic E-state index is 0.431. The topological polar surface area (TPSA) is 12.4 Å². The number of aliphatic imine (C=N–C) groups is 1. The molecule has 1 atom stereocenters. The van der Waals surface area contributed by atoms with Gasteiger partial charge in [0.1, 0.15) is 0 Å². The fourth-order valence-corrected chi connectivity index (χ4v) is 0.769. The van der Waals surface area contributed by atoms with Gasteiger partial charge in [-0.2, -0.15) is 0 Å². The molecular formula is C6H9N. The van der Waals surface area contributed by atoms with Gasteiger partial charge in [0.05, 0.1) is 6.04 Å². The first-order valence-electron chi connectivity index (χ1n) is 2.56. The van der Waals surface area contributed by atoms with E-state index >= 15 is 0 Å². The van der Waals surface area contributed by atoms with Gasteiger partial charge < -0.3 is 0 Å². The van der Waals surface area contributed by atoms with Crippen LogP contribution in [0.5, 0.6) is 0 Å². The summed E-state index contributed by atoms with van der Waals surface area (Å²) in [6.07, 6.45) is 6.61. The van der Waals surface area contributed by atoms with Crippen LogP contribution in [0.1, 0.15) is 12.8 Å². The van der Waals surface area contributed by atoms with E-state index in [0.29, 0.717) is 6.04 Å². The van der Waals surface area contributed by atoms with Crippen LogP contribution in [0.4, 0.5) is 0 Å². The molecule has 0 heterocycles. The zero-order chi connectivity index (χ0) is 5.11. The Kier molecular flexibility index (Phi) is 1.25. The first-order valence-corrected chi connectivity index (χ1v) is 2.56. The quantitative estimate of drug-likeness (QED) is 0.345. The van der Waals surface area contributed by atoms with Gasteiger partial charge in [-0.05, 0) is 19.6 Å². The van der Waals surface area contributed by atoms with Crippen LogP contribution in [0.2, 0.25) is 0 Å². The van der Waals surface area contributed by atoms with E-state index in [2.05, 4.69) is 23.9 Å². The second kappa shape index (κ2) is 1.92. The van der Waals surface area contributed by atoms with E-state index < -0.39 is 0 Å². The summed E-state index contributed by atoms with van der Waals surface area (Å²) in [5.74, 6) is 0. The highest BCUT2D eigenvalue weighted by atomic mass is 14.7. The third kappa shape index (κ3) is 0.889. The molecular weight excluding hydrogens is 86.1 g/mol. The Morgan fingerprint density at radius 2 is 2.57 bits per heavy atom. The van der Waals surface area contributed by atoms with E-state index in [-0.39, 0.29) is 0 Å². The van der Waals surface area contributed by atoms with E-state index in [9.17, 15) is 0 Å². The third-order valence-corrected chi connectivity index (χ3v) is 1.22. The van der Waals surface area contributed by atoms with Crippen molar-refractivity contribution in [3.8, 4) is 0 Å². The second-order valence-electron chi connectivity index (χ2n) is 1.76. The molecule has 38 valence electrons. The van der Waals surface area contributed by atoms with Crippen molar-refractivity contribution in [2.24, 2.45) is 4.99 Å². The molecule has 0 N–H and O–H groups in total. The molecule has 0 spiro atoms. The largest absolute Gasteiger partial charge is 0.293 e. The molecule has 0 aromatic rings. The van der Waals surface area contributed by atoms with Crippen molar-refractivity contribution in [1.82, 2.24) is 0 Å². The number of nitrogens with zero attached hydrogens (tertiary/aromatic N) is 1. The number of rotatable bonds is 1. The van der Waals surface area contributed by atoms with Gasteiger partial charge >= 0.3 is 0 Å². The van der Waals surface area contributed by atoms with E-state index in [4.69, 9.17) is 0 Å². The fourth-order valence-electron chi connectivity index (χ4n) is 0.769. The van der Waals surface area contributed by atoms with E-state index in [0.717, 1.165) is 0 Å². The van der Waals surface area contributed by atoms with Crippen LogP contribution in [0, 0.1) is 0 Å². The lowest BCUT2D eigenvalue weighted by Gasteiger charge is -1.93. The standard InChI is InChI=1S/C6H9N/c1-7-6-4-2-3-5-6/h2,4,6H,1,3,5H2. The zero-order valence-electron chi connectivity index (χ0n) is 4.30. The molecule has 7 heavy (non-hydrogen) atoms. The van der Waals surface area contributed by atoms with Crippen molar-refractivity contribution in [2.75, 3.05) is 0 Å². The van der Waals surface area contributed by atoms with Crippen LogP contribution in [-0.2, 0) is 0 Å². The van der Waals surface area contributed by atoms with Crippen LogP contribution in [0.25, 0.3) is 0 Å². The fraction of sp³-hybridized carbons (Fsp3) is 0.500. The van der Waals surface area contributed by atoms with Crippen LogP contribution >= 0.6 is 0 Å². The average molecular weight is 95.1 g/mol. The highest BCUT2D eigenvalue weighted by Gasteiger charge is 2.02. The predicted octanol–water partition coefficient (Wildman–Crippen LogP) is 1.41. The van der Waals surface area contributed by atoms with Gasteiger partial charge in [0.2, 0.25) is 0 Å². The zero-order valence-corrected chi connectivity index (χ0v) is 4.30. The Labute approximate surface area is 43.8 Å². The Bertz CT molecular complexity index is 94.4. The summed E-state index contributed by atoms with van der Waals surface area (Å²) >= 11 is 0. The maximum atomic E-state index is 3.85. The Morgan fingerprint density at radius 1 is 1.71 bits per heavy atom. The lowest BCUT2D eigenvalue weighted by molar-refractivity contribution is 0.787. The summed E-state index contributed by atoms with van der Waals surface area (Å²) < 4.78 is 0. The lowest BCUT2D eigenvalue weighted by Crippen LogP contribution is -1.90. The molecule has 0 aromatic carbocycles. The number of allylic oxidation sites excluding steroid dienone is 1. The van der Waals surface area contributed by atoms with Crippen molar-refractivity contribution in [3.63, 3.8) is 0 Å². The van der Waals surface area contributed by atoms with E-state index in [1.54, 1.807) is 0 Å². The molecule has 0 amide bonds. The Morgan fingerprint density at radius 3 is 2.86 bits per heavy atom. The average Bonchev–Trinajstić information content (AvgIpc) is 2.14. The second-order valence-corrected chi connectivity index (χ2v) is 1.76. The number of hydrogen-bond donors (Lipinski definition) is 0. The normalized spacial score (nSPS) is 28.3. The summed E-state index contributed by atoms with van der Waals surface area (Å²) in [6, 6.07) is 0.431. The lowest BCUT2D eigenvalue weighted by atomic mass is 10.3. The van der Waals surface area contributed by atoms with Crippen molar-refractivity contribution >= 4 is 6.72 Å². The SMILES string of the molecule is C=NC1C=CCC1.